The first-order chi connectivity index (χ1) is 26.2. The van der Waals surface area contributed by atoms with Crippen LogP contribution in [0.25, 0.3) is 88.3 Å². The second-order valence-corrected chi connectivity index (χ2v) is 12.9. The molecule has 0 spiro atoms. The summed E-state index contributed by atoms with van der Waals surface area (Å²) >= 11 is 0. The SMILES string of the molecule is [C-]#[N+]c1ccc(-c2nnc(-c3cccc4c5ccccc5n(-c5cccc(-n6c7ccccc7c7ccccc76)c5)c34)n2-c2ccc(C#N)cc2)cc1. The van der Waals surface area contributed by atoms with Crippen LogP contribution in [-0.4, -0.2) is 23.9 Å². The minimum Gasteiger partial charge on any atom is -0.309 e. The minimum atomic E-state index is 0.552. The molecule has 0 atom stereocenters. The van der Waals surface area contributed by atoms with Crippen LogP contribution < -0.4 is 0 Å². The molecule has 0 saturated carbocycles. The van der Waals surface area contributed by atoms with Crippen molar-refractivity contribution in [2.24, 2.45) is 0 Å². The molecule has 3 heterocycles. The van der Waals surface area contributed by atoms with Crippen molar-refractivity contribution < 1.29 is 0 Å². The number of aromatic nitrogens is 5. The largest absolute Gasteiger partial charge is 0.309 e. The van der Waals surface area contributed by atoms with Crippen molar-refractivity contribution in [3.8, 4) is 45.9 Å². The van der Waals surface area contributed by atoms with E-state index in [0.29, 0.717) is 22.9 Å². The van der Waals surface area contributed by atoms with Gasteiger partial charge in [-0.3, -0.25) is 4.57 Å². The Labute approximate surface area is 304 Å². The fourth-order valence-corrected chi connectivity index (χ4v) is 7.70. The smallest absolute Gasteiger partial charge is 0.187 e. The summed E-state index contributed by atoms with van der Waals surface area (Å²) in [4.78, 5) is 3.58. The fourth-order valence-electron chi connectivity index (χ4n) is 7.70. The summed E-state index contributed by atoms with van der Waals surface area (Å²) in [6.45, 7) is 7.45. The minimum absolute atomic E-state index is 0.552. The average Bonchev–Trinajstić information content (AvgIpc) is 3.92. The van der Waals surface area contributed by atoms with Crippen molar-refractivity contribution in [2.45, 2.75) is 0 Å². The lowest BCUT2D eigenvalue weighted by atomic mass is 10.1. The van der Waals surface area contributed by atoms with Crippen molar-refractivity contribution in [3.63, 3.8) is 0 Å². The molecule has 7 aromatic carbocycles. The quantitative estimate of drug-likeness (QED) is 0.170. The number of nitriles is 1. The second kappa shape index (κ2) is 11.9. The lowest BCUT2D eigenvalue weighted by Gasteiger charge is -2.15. The van der Waals surface area contributed by atoms with E-state index in [4.69, 9.17) is 16.8 Å². The molecular weight excluding hydrogens is 651 g/mol. The van der Waals surface area contributed by atoms with Gasteiger partial charge in [-0.2, -0.15) is 5.26 Å². The van der Waals surface area contributed by atoms with Crippen LogP contribution in [0.15, 0.2) is 164 Å². The van der Waals surface area contributed by atoms with E-state index in [-0.39, 0.29) is 0 Å². The number of fused-ring (bicyclic) bond motifs is 6. The molecule has 0 radical (unpaired) electrons. The Morgan fingerprint density at radius 1 is 0.491 bits per heavy atom. The Hall–Kier alpha value is -7.74. The predicted octanol–water partition coefficient (Wildman–Crippen LogP) is 11.2. The van der Waals surface area contributed by atoms with E-state index in [2.05, 4.69) is 135 Å². The highest BCUT2D eigenvalue weighted by Crippen LogP contribution is 2.40. The fraction of sp³-hybridized carbons (Fsp3) is 0. The van der Waals surface area contributed by atoms with Gasteiger partial charge in [0, 0.05) is 49.7 Å². The van der Waals surface area contributed by atoms with Crippen LogP contribution in [0.3, 0.4) is 0 Å². The molecule has 3 aromatic heterocycles. The Morgan fingerprint density at radius 3 is 1.68 bits per heavy atom. The van der Waals surface area contributed by atoms with Gasteiger partial charge in [0.2, 0.25) is 0 Å². The summed E-state index contributed by atoms with van der Waals surface area (Å²) in [7, 11) is 0. The summed E-state index contributed by atoms with van der Waals surface area (Å²) in [5.41, 5.74) is 10.1. The molecule has 246 valence electrons. The van der Waals surface area contributed by atoms with Gasteiger partial charge >= 0.3 is 0 Å². The maximum Gasteiger partial charge on any atom is 0.187 e. The first-order valence-electron chi connectivity index (χ1n) is 17.3. The Bertz CT molecular complexity index is 3070. The Kier molecular flexibility index (Phi) is 6.79. The van der Waals surface area contributed by atoms with E-state index in [1.165, 1.54) is 10.8 Å². The van der Waals surface area contributed by atoms with Crippen molar-refractivity contribution in [1.29, 1.82) is 5.26 Å². The third kappa shape index (κ3) is 4.66. The van der Waals surface area contributed by atoms with E-state index in [1.807, 2.05) is 41.0 Å². The van der Waals surface area contributed by atoms with Gasteiger partial charge in [-0.15, -0.1) is 10.2 Å². The predicted molar refractivity (Wildman–Crippen MR) is 212 cm³/mol. The summed E-state index contributed by atoms with van der Waals surface area (Å²) < 4.78 is 6.72. The molecule has 0 saturated heterocycles. The number of nitrogens with zero attached hydrogens (tertiary/aromatic N) is 7. The first kappa shape index (κ1) is 30.1. The molecule has 10 rings (SSSR count). The van der Waals surface area contributed by atoms with Gasteiger partial charge in [0.1, 0.15) is 0 Å². The Morgan fingerprint density at radius 2 is 1.04 bits per heavy atom. The van der Waals surface area contributed by atoms with E-state index < -0.39 is 0 Å². The van der Waals surface area contributed by atoms with Crippen molar-refractivity contribution in [2.75, 3.05) is 0 Å². The third-order valence-corrected chi connectivity index (χ3v) is 10.0. The lowest BCUT2D eigenvalue weighted by Crippen LogP contribution is -2.03. The molecule has 0 aliphatic carbocycles. The molecule has 0 aliphatic heterocycles. The number of hydrogen-bond donors (Lipinski definition) is 0. The molecule has 0 amide bonds. The van der Waals surface area contributed by atoms with Crippen LogP contribution in [0.4, 0.5) is 5.69 Å². The highest BCUT2D eigenvalue weighted by molar-refractivity contribution is 6.14. The second-order valence-electron chi connectivity index (χ2n) is 12.9. The van der Waals surface area contributed by atoms with E-state index in [0.717, 1.165) is 61.0 Å². The van der Waals surface area contributed by atoms with E-state index in [1.54, 1.807) is 12.1 Å². The van der Waals surface area contributed by atoms with Gasteiger partial charge < -0.3 is 9.13 Å². The number of para-hydroxylation sites is 4. The topological polar surface area (TPSA) is 68.7 Å². The van der Waals surface area contributed by atoms with Crippen LogP contribution in [0.1, 0.15) is 5.56 Å². The molecule has 10 aromatic rings. The molecule has 53 heavy (non-hydrogen) atoms. The molecule has 7 nitrogen and oxygen atoms in total. The van der Waals surface area contributed by atoms with Crippen LogP contribution in [0, 0.1) is 17.9 Å². The van der Waals surface area contributed by atoms with Crippen LogP contribution in [0.2, 0.25) is 0 Å². The molecule has 0 fully saturated rings. The van der Waals surface area contributed by atoms with Gasteiger partial charge in [0.15, 0.2) is 17.3 Å². The zero-order chi connectivity index (χ0) is 35.5. The van der Waals surface area contributed by atoms with E-state index >= 15 is 0 Å². The van der Waals surface area contributed by atoms with Crippen LogP contribution in [0.5, 0.6) is 0 Å². The summed E-state index contributed by atoms with van der Waals surface area (Å²) in [5, 5.41) is 23.9. The summed E-state index contributed by atoms with van der Waals surface area (Å²) in [5.74, 6) is 1.29. The highest BCUT2D eigenvalue weighted by Gasteiger charge is 2.23. The van der Waals surface area contributed by atoms with Gasteiger partial charge in [0.05, 0.1) is 40.3 Å². The number of benzene rings is 7. The zero-order valence-electron chi connectivity index (χ0n) is 28.2. The van der Waals surface area contributed by atoms with E-state index in [9.17, 15) is 5.26 Å². The Balaban J connectivity index is 1.25. The summed E-state index contributed by atoms with van der Waals surface area (Å²) in [6.07, 6.45) is 0. The summed E-state index contributed by atoms with van der Waals surface area (Å²) in [6, 6.07) is 57.8. The molecule has 0 aliphatic rings. The molecule has 0 N–H and O–H groups in total. The highest BCUT2D eigenvalue weighted by atomic mass is 15.3. The monoisotopic (exact) mass is 677 g/mol. The van der Waals surface area contributed by atoms with Crippen molar-refractivity contribution in [3.05, 3.63) is 181 Å². The number of hydrogen-bond acceptors (Lipinski definition) is 3. The molecule has 0 bridgehead atoms. The maximum absolute atomic E-state index is 9.57. The normalized spacial score (nSPS) is 11.4. The molecule has 7 heteroatoms. The molecule has 0 unspecified atom stereocenters. The average molecular weight is 678 g/mol. The van der Waals surface area contributed by atoms with Gasteiger partial charge in [0.25, 0.3) is 0 Å². The number of rotatable bonds is 5. The van der Waals surface area contributed by atoms with Gasteiger partial charge in [-0.1, -0.05) is 97.1 Å². The van der Waals surface area contributed by atoms with Gasteiger partial charge in [-0.05, 0) is 66.7 Å². The van der Waals surface area contributed by atoms with Crippen LogP contribution in [-0.2, 0) is 0 Å². The third-order valence-electron chi connectivity index (χ3n) is 10.0. The van der Waals surface area contributed by atoms with Crippen LogP contribution >= 0.6 is 0 Å². The zero-order valence-corrected chi connectivity index (χ0v) is 28.2. The first-order valence-corrected chi connectivity index (χ1v) is 17.3. The standard InChI is InChI=1S/C46H27N7/c1-48-32-24-22-31(23-25-32)45-49-50-46(53(45)33-26-20-30(29-47)21-27-33)40-16-9-15-39-38-14-4-7-19-43(38)52(44(39)40)35-11-8-10-34(28-35)51-41-17-5-2-12-36(41)37-13-3-6-18-42(37)51/h2-28H. The van der Waals surface area contributed by atoms with Crippen molar-refractivity contribution >= 4 is 49.3 Å². The van der Waals surface area contributed by atoms with Crippen molar-refractivity contribution in [1.82, 2.24) is 23.9 Å². The maximum atomic E-state index is 9.57. The lowest BCUT2D eigenvalue weighted by molar-refractivity contribution is 1.07. The van der Waals surface area contributed by atoms with Gasteiger partial charge in [-0.25, -0.2) is 4.85 Å². The molecular formula is C46H27N7.